The first-order valence-corrected chi connectivity index (χ1v) is 8.73. The number of hydrogen-bond acceptors (Lipinski definition) is 6. The van der Waals surface area contributed by atoms with Crippen molar-refractivity contribution in [1.29, 1.82) is 0 Å². The van der Waals surface area contributed by atoms with E-state index in [9.17, 15) is 9.59 Å². The third kappa shape index (κ3) is 3.20. The third-order valence-electron chi connectivity index (χ3n) is 4.63. The van der Waals surface area contributed by atoms with Crippen molar-refractivity contribution < 1.29 is 13.9 Å². The summed E-state index contributed by atoms with van der Waals surface area (Å²) in [7, 11) is 0. The Hall–Kier alpha value is -3.68. The van der Waals surface area contributed by atoms with Crippen LogP contribution in [0.4, 0.5) is 0 Å². The molecule has 0 radical (unpaired) electrons. The second-order valence-electron chi connectivity index (χ2n) is 6.42. The number of furan rings is 1. The molecule has 28 heavy (non-hydrogen) atoms. The standard InChI is InChI=1S/C20H18N4O4/c1-13-10-17(14(2)23(13)11-15-6-5-9-27-15)20(26)28-12-24-19(25)16-7-3-4-8-18(16)21-22-24/h3-10H,11-12H2,1-2H3. The number of carbonyl (C=O) groups excluding carboxylic acids is 1. The van der Waals surface area contributed by atoms with E-state index >= 15 is 0 Å². The third-order valence-corrected chi connectivity index (χ3v) is 4.63. The number of aryl methyl sites for hydroxylation is 1. The lowest BCUT2D eigenvalue weighted by atomic mass is 10.2. The number of benzene rings is 1. The zero-order valence-corrected chi connectivity index (χ0v) is 15.5. The van der Waals surface area contributed by atoms with Gasteiger partial charge in [0.25, 0.3) is 5.56 Å². The van der Waals surface area contributed by atoms with Gasteiger partial charge in [-0.05, 0) is 44.2 Å². The van der Waals surface area contributed by atoms with E-state index in [-0.39, 0.29) is 12.3 Å². The molecule has 0 aliphatic carbocycles. The Morgan fingerprint density at radius 3 is 2.79 bits per heavy atom. The highest BCUT2D eigenvalue weighted by Crippen LogP contribution is 2.18. The molecule has 1 aromatic carbocycles. The fourth-order valence-electron chi connectivity index (χ4n) is 3.11. The Balaban J connectivity index is 1.53. The maximum atomic E-state index is 12.6. The first-order valence-electron chi connectivity index (χ1n) is 8.73. The zero-order chi connectivity index (χ0) is 19.7. The highest BCUT2D eigenvalue weighted by Gasteiger charge is 2.18. The minimum Gasteiger partial charge on any atom is -0.467 e. The minimum absolute atomic E-state index is 0.308. The molecule has 0 bridgehead atoms. The van der Waals surface area contributed by atoms with Crippen molar-refractivity contribution in [2.45, 2.75) is 27.1 Å². The summed E-state index contributed by atoms with van der Waals surface area (Å²) < 4.78 is 13.7. The average Bonchev–Trinajstić information content (AvgIpc) is 3.31. The van der Waals surface area contributed by atoms with Gasteiger partial charge in [-0.1, -0.05) is 17.3 Å². The van der Waals surface area contributed by atoms with Crippen molar-refractivity contribution >= 4 is 16.9 Å². The van der Waals surface area contributed by atoms with Crippen LogP contribution in [0.25, 0.3) is 10.9 Å². The first kappa shape index (κ1) is 17.7. The number of esters is 1. The Morgan fingerprint density at radius 1 is 1.18 bits per heavy atom. The van der Waals surface area contributed by atoms with Gasteiger partial charge in [0.2, 0.25) is 0 Å². The number of rotatable bonds is 5. The smallest absolute Gasteiger partial charge is 0.341 e. The van der Waals surface area contributed by atoms with Crippen LogP contribution in [0, 0.1) is 13.8 Å². The molecule has 0 N–H and O–H groups in total. The topological polar surface area (TPSA) is 92.2 Å². The monoisotopic (exact) mass is 378 g/mol. The van der Waals surface area contributed by atoms with E-state index in [0.29, 0.717) is 23.0 Å². The molecule has 0 saturated carbocycles. The largest absolute Gasteiger partial charge is 0.467 e. The molecule has 4 aromatic rings. The Kier molecular flexibility index (Phi) is 4.52. The SMILES string of the molecule is Cc1cc(C(=O)OCn2nnc3ccccc3c2=O)c(C)n1Cc1ccco1. The lowest BCUT2D eigenvalue weighted by Crippen LogP contribution is -2.26. The summed E-state index contributed by atoms with van der Waals surface area (Å²) in [5, 5.41) is 8.23. The van der Waals surface area contributed by atoms with Crippen LogP contribution >= 0.6 is 0 Å². The normalized spacial score (nSPS) is 11.1. The fraction of sp³-hybridized carbons (Fsp3) is 0.200. The molecule has 142 valence electrons. The second kappa shape index (κ2) is 7.15. The lowest BCUT2D eigenvalue weighted by Gasteiger charge is -2.09. The van der Waals surface area contributed by atoms with E-state index in [1.807, 2.05) is 30.5 Å². The summed E-state index contributed by atoms with van der Waals surface area (Å²) in [5.41, 5.74) is 2.24. The van der Waals surface area contributed by atoms with Gasteiger partial charge in [0.05, 0.1) is 23.8 Å². The van der Waals surface area contributed by atoms with E-state index in [0.717, 1.165) is 21.8 Å². The van der Waals surface area contributed by atoms with Crippen molar-refractivity contribution in [3.05, 3.63) is 81.8 Å². The summed E-state index contributed by atoms with van der Waals surface area (Å²) in [6, 6.07) is 12.3. The zero-order valence-electron chi connectivity index (χ0n) is 15.5. The quantitative estimate of drug-likeness (QED) is 0.496. The second-order valence-corrected chi connectivity index (χ2v) is 6.42. The molecule has 0 unspecified atom stereocenters. The van der Waals surface area contributed by atoms with Gasteiger partial charge < -0.3 is 13.7 Å². The predicted octanol–water partition coefficient (Wildman–Crippen LogP) is 2.67. The van der Waals surface area contributed by atoms with Crippen LogP contribution in [0.3, 0.4) is 0 Å². The number of aromatic nitrogens is 4. The van der Waals surface area contributed by atoms with E-state index in [1.54, 1.807) is 36.6 Å². The van der Waals surface area contributed by atoms with Crippen molar-refractivity contribution in [1.82, 2.24) is 19.6 Å². The van der Waals surface area contributed by atoms with E-state index in [2.05, 4.69) is 10.3 Å². The van der Waals surface area contributed by atoms with Gasteiger partial charge in [-0.2, -0.15) is 4.68 Å². The van der Waals surface area contributed by atoms with Crippen molar-refractivity contribution in [3.8, 4) is 0 Å². The van der Waals surface area contributed by atoms with Crippen LogP contribution in [0.15, 0.2) is 57.9 Å². The van der Waals surface area contributed by atoms with Crippen molar-refractivity contribution in [2.75, 3.05) is 0 Å². The highest BCUT2D eigenvalue weighted by atomic mass is 16.5. The Morgan fingerprint density at radius 2 is 2.00 bits per heavy atom. The molecule has 4 rings (SSSR count). The summed E-state index contributed by atoms with van der Waals surface area (Å²) in [5.74, 6) is 0.264. The molecule has 8 heteroatoms. The maximum Gasteiger partial charge on any atom is 0.341 e. The van der Waals surface area contributed by atoms with E-state index < -0.39 is 5.97 Å². The molecular weight excluding hydrogens is 360 g/mol. The Labute approximate surface area is 160 Å². The number of hydrogen-bond donors (Lipinski definition) is 0. The molecule has 0 aliphatic rings. The van der Waals surface area contributed by atoms with Crippen LogP contribution in [-0.4, -0.2) is 25.5 Å². The molecule has 0 fully saturated rings. The van der Waals surface area contributed by atoms with Crippen LogP contribution in [-0.2, 0) is 18.0 Å². The van der Waals surface area contributed by atoms with E-state index in [1.165, 1.54) is 0 Å². The Bertz CT molecular complexity index is 1200. The summed E-state index contributed by atoms with van der Waals surface area (Å²) in [6.07, 6.45) is 1.61. The van der Waals surface area contributed by atoms with Gasteiger partial charge in [0, 0.05) is 11.4 Å². The van der Waals surface area contributed by atoms with Gasteiger partial charge >= 0.3 is 5.97 Å². The van der Waals surface area contributed by atoms with Crippen LogP contribution in [0.1, 0.15) is 27.5 Å². The van der Waals surface area contributed by atoms with Gasteiger partial charge in [-0.3, -0.25) is 4.79 Å². The minimum atomic E-state index is -0.527. The highest BCUT2D eigenvalue weighted by molar-refractivity contribution is 5.91. The summed E-state index contributed by atoms with van der Waals surface area (Å²) in [4.78, 5) is 25.0. The first-order chi connectivity index (χ1) is 13.5. The van der Waals surface area contributed by atoms with Crippen LogP contribution in [0.5, 0.6) is 0 Å². The fourth-order valence-corrected chi connectivity index (χ4v) is 3.11. The van der Waals surface area contributed by atoms with Crippen molar-refractivity contribution in [2.24, 2.45) is 0 Å². The van der Waals surface area contributed by atoms with Crippen molar-refractivity contribution in [3.63, 3.8) is 0 Å². The molecule has 0 spiro atoms. The average molecular weight is 378 g/mol. The molecule has 3 heterocycles. The van der Waals surface area contributed by atoms with Gasteiger partial charge in [-0.25, -0.2) is 4.79 Å². The molecule has 0 aliphatic heterocycles. The van der Waals surface area contributed by atoms with Crippen LogP contribution in [0.2, 0.25) is 0 Å². The van der Waals surface area contributed by atoms with Crippen LogP contribution < -0.4 is 5.56 Å². The molecule has 3 aromatic heterocycles. The number of carbonyl (C=O) groups is 1. The molecule has 8 nitrogen and oxygen atoms in total. The van der Waals surface area contributed by atoms with Gasteiger partial charge in [-0.15, -0.1) is 5.10 Å². The summed E-state index contributed by atoms with van der Waals surface area (Å²) >= 11 is 0. The number of ether oxygens (including phenoxy) is 1. The van der Waals surface area contributed by atoms with Gasteiger partial charge in [0.15, 0.2) is 6.73 Å². The van der Waals surface area contributed by atoms with Gasteiger partial charge in [0.1, 0.15) is 11.3 Å². The number of fused-ring (bicyclic) bond motifs is 1. The van der Waals surface area contributed by atoms with E-state index in [4.69, 9.17) is 9.15 Å². The summed E-state index contributed by atoms with van der Waals surface area (Å²) in [6.45, 7) is 3.96. The molecule has 0 atom stereocenters. The number of nitrogens with zero attached hydrogens (tertiary/aromatic N) is 4. The molecule has 0 saturated heterocycles. The predicted molar refractivity (Wildman–Crippen MR) is 101 cm³/mol. The lowest BCUT2D eigenvalue weighted by molar-refractivity contribution is 0.0335. The molecule has 0 amide bonds. The maximum absolute atomic E-state index is 12.6. The molecular formula is C20H18N4O4.